The van der Waals surface area contributed by atoms with E-state index in [0.29, 0.717) is 22.9 Å². The van der Waals surface area contributed by atoms with Crippen molar-refractivity contribution >= 4 is 23.3 Å². The smallest absolute Gasteiger partial charge is 0.253 e. The largest absolute Gasteiger partial charge is 0.373 e. The van der Waals surface area contributed by atoms with Crippen molar-refractivity contribution in [3.05, 3.63) is 52.9 Å². The summed E-state index contributed by atoms with van der Waals surface area (Å²) in [6.45, 7) is 0.538. The summed E-state index contributed by atoms with van der Waals surface area (Å²) in [6.07, 6.45) is 5.67. The van der Waals surface area contributed by atoms with Crippen LogP contribution in [0, 0.1) is 0 Å². The third kappa shape index (κ3) is 3.68. The Morgan fingerprint density at radius 1 is 1.35 bits per heavy atom. The van der Waals surface area contributed by atoms with E-state index in [4.69, 9.17) is 11.6 Å². The number of nitrogens with one attached hydrogen (secondary N) is 2. The molecule has 2 heterocycles. The fourth-order valence-corrected chi connectivity index (χ4v) is 1.90. The standard InChI is InChI=1S/C14H15ClN4O/c1-16-13-8-11(12(15)9-19-13)14(20)18-7-4-10-2-5-17-6-3-10/h2-3,5-6,8-9H,4,7H2,1H3,(H,16,19)(H,18,20). The van der Waals surface area contributed by atoms with E-state index in [1.54, 1.807) is 25.5 Å². The van der Waals surface area contributed by atoms with Gasteiger partial charge in [0.25, 0.3) is 5.91 Å². The van der Waals surface area contributed by atoms with Crippen LogP contribution in [0.25, 0.3) is 0 Å². The molecule has 5 nitrogen and oxygen atoms in total. The van der Waals surface area contributed by atoms with E-state index in [2.05, 4.69) is 20.6 Å². The van der Waals surface area contributed by atoms with E-state index < -0.39 is 0 Å². The number of pyridine rings is 2. The normalized spacial score (nSPS) is 10.1. The number of halogens is 1. The molecular weight excluding hydrogens is 276 g/mol. The van der Waals surface area contributed by atoms with Crippen molar-refractivity contribution in [2.24, 2.45) is 0 Å². The maximum Gasteiger partial charge on any atom is 0.253 e. The lowest BCUT2D eigenvalue weighted by atomic mass is 10.2. The molecule has 2 aromatic rings. The molecule has 0 aliphatic carbocycles. The first-order valence-corrected chi connectivity index (χ1v) is 6.59. The molecule has 0 radical (unpaired) electrons. The summed E-state index contributed by atoms with van der Waals surface area (Å²) in [4.78, 5) is 20.0. The van der Waals surface area contributed by atoms with Gasteiger partial charge in [-0.3, -0.25) is 9.78 Å². The van der Waals surface area contributed by atoms with Crippen molar-refractivity contribution < 1.29 is 4.79 Å². The van der Waals surface area contributed by atoms with Crippen LogP contribution in [0.15, 0.2) is 36.8 Å². The van der Waals surface area contributed by atoms with Gasteiger partial charge in [0.2, 0.25) is 0 Å². The molecule has 2 N–H and O–H groups in total. The average molecular weight is 291 g/mol. The minimum Gasteiger partial charge on any atom is -0.373 e. The Morgan fingerprint density at radius 2 is 2.10 bits per heavy atom. The molecule has 2 aromatic heterocycles. The number of hydrogen-bond acceptors (Lipinski definition) is 4. The zero-order valence-electron chi connectivity index (χ0n) is 11.1. The van der Waals surface area contributed by atoms with Gasteiger partial charge < -0.3 is 10.6 Å². The van der Waals surface area contributed by atoms with Crippen LogP contribution in [-0.4, -0.2) is 29.5 Å². The van der Waals surface area contributed by atoms with Crippen LogP contribution < -0.4 is 10.6 Å². The van der Waals surface area contributed by atoms with E-state index in [0.717, 1.165) is 12.0 Å². The molecule has 2 rings (SSSR count). The summed E-state index contributed by atoms with van der Waals surface area (Å²) in [7, 11) is 1.74. The fourth-order valence-electron chi connectivity index (χ4n) is 1.71. The van der Waals surface area contributed by atoms with E-state index in [1.165, 1.54) is 6.20 Å². The van der Waals surface area contributed by atoms with Crippen LogP contribution >= 0.6 is 11.6 Å². The molecule has 0 saturated carbocycles. The first-order chi connectivity index (χ1) is 9.70. The lowest BCUT2D eigenvalue weighted by Gasteiger charge is -2.08. The SMILES string of the molecule is CNc1cc(C(=O)NCCc2ccncc2)c(Cl)cn1. The van der Waals surface area contributed by atoms with Gasteiger partial charge in [-0.05, 0) is 30.2 Å². The second-order valence-electron chi connectivity index (χ2n) is 4.16. The van der Waals surface area contributed by atoms with Gasteiger partial charge in [0.15, 0.2) is 0 Å². The fraction of sp³-hybridized carbons (Fsp3) is 0.214. The Kier molecular flexibility index (Phi) is 4.90. The summed E-state index contributed by atoms with van der Waals surface area (Å²) >= 11 is 5.98. The number of nitrogens with zero attached hydrogens (tertiary/aromatic N) is 2. The Hall–Kier alpha value is -2.14. The average Bonchev–Trinajstić information content (AvgIpc) is 2.48. The number of carbonyl (C=O) groups is 1. The minimum atomic E-state index is -0.206. The lowest BCUT2D eigenvalue weighted by molar-refractivity contribution is 0.0954. The number of amides is 1. The first-order valence-electron chi connectivity index (χ1n) is 6.21. The molecule has 0 aliphatic rings. The maximum absolute atomic E-state index is 12.1. The molecule has 0 aliphatic heterocycles. The van der Waals surface area contributed by atoms with E-state index >= 15 is 0 Å². The Balaban J connectivity index is 1.95. The molecule has 6 heteroatoms. The van der Waals surface area contributed by atoms with Crippen LogP contribution in [0.2, 0.25) is 5.02 Å². The summed E-state index contributed by atoms with van der Waals surface area (Å²) < 4.78 is 0. The monoisotopic (exact) mass is 290 g/mol. The zero-order valence-corrected chi connectivity index (χ0v) is 11.8. The molecule has 0 atom stereocenters. The van der Waals surface area contributed by atoms with Crippen molar-refractivity contribution in [3.8, 4) is 0 Å². The summed E-state index contributed by atoms with van der Waals surface area (Å²) in [5, 5.41) is 6.05. The first kappa shape index (κ1) is 14.3. The lowest BCUT2D eigenvalue weighted by Crippen LogP contribution is -2.26. The summed E-state index contributed by atoms with van der Waals surface area (Å²) in [5.74, 6) is 0.400. The van der Waals surface area contributed by atoms with Gasteiger partial charge in [-0.25, -0.2) is 4.98 Å². The summed E-state index contributed by atoms with van der Waals surface area (Å²) in [6, 6.07) is 5.47. The highest BCUT2D eigenvalue weighted by Crippen LogP contribution is 2.17. The van der Waals surface area contributed by atoms with E-state index in [1.807, 2.05) is 12.1 Å². The molecule has 0 fully saturated rings. The highest BCUT2D eigenvalue weighted by molar-refractivity contribution is 6.33. The number of hydrogen-bond donors (Lipinski definition) is 2. The van der Waals surface area contributed by atoms with Crippen molar-refractivity contribution in [1.29, 1.82) is 0 Å². The second kappa shape index (κ2) is 6.86. The van der Waals surface area contributed by atoms with Crippen LogP contribution in [0.3, 0.4) is 0 Å². The molecule has 0 unspecified atom stereocenters. The van der Waals surface area contributed by atoms with Gasteiger partial charge in [-0.1, -0.05) is 11.6 Å². The number of anilines is 1. The number of carbonyl (C=O) groups excluding carboxylic acids is 1. The van der Waals surface area contributed by atoms with Gasteiger partial charge in [-0.15, -0.1) is 0 Å². The van der Waals surface area contributed by atoms with E-state index in [9.17, 15) is 4.79 Å². The van der Waals surface area contributed by atoms with Gasteiger partial charge >= 0.3 is 0 Å². The Morgan fingerprint density at radius 3 is 2.80 bits per heavy atom. The van der Waals surface area contributed by atoms with E-state index in [-0.39, 0.29) is 5.91 Å². The van der Waals surface area contributed by atoms with Gasteiger partial charge in [0.05, 0.1) is 10.6 Å². The van der Waals surface area contributed by atoms with Crippen LogP contribution in [0.1, 0.15) is 15.9 Å². The molecule has 0 aromatic carbocycles. The molecule has 0 saturated heterocycles. The van der Waals surface area contributed by atoms with Crippen molar-refractivity contribution in [2.75, 3.05) is 18.9 Å². The molecule has 20 heavy (non-hydrogen) atoms. The number of rotatable bonds is 5. The summed E-state index contributed by atoms with van der Waals surface area (Å²) in [5.41, 5.74) is 1.54. The van der Waals surface area contributed by atoms with Crippen LogP contribution in [0.4, 0.5) is 5.82 Å². The van der Waals surface area contributed by atoms with Crippen LogP contribution in [-0.2, 0) is 6.42 Å². The maximum atomic E-state index is 12.1. The highest BCUT2D eigenvalue weighted by atomic mass is 35.5. The molecule has 1 amide bonds. The number of aromatic nitrogens is 2. The zero-order chi connectivity index (χ0) is 14.4. The molecule has 104 valence electrons. The van der Waals surface area contributed by atoms with Gasteiger partial charge in [0.1, 0.15) is 5.82 Å². The quantitative estimate of drug-likeness (QED) is 0.885. The van der Waals surface area contributed by atoms with Gasteiger partial charge in [0, 0.05) is 32.2 Å². The highest BCUT2D eigenvalue weighted by Gasteiger charge is 2.11. The van der Waals surface area contributed by atoms with Crippen molar-refractivity contribution in [1.82, 2.24) is 15.3 Å². The second-order valence-corrected chi connectivity index (χ2v) is 4.57. The topological polar surface area (TPSA) is 66.9 Å². The van der Waals surface area contributed by atoms with Crippen molar-refractivity contribution in [3.63, 3.8) is 0 Å². The van der Waals surface area contributed by atoms with Gasteiger partial charge in [-0.2, -0.15) is 0 Å². The Labute approximate surface area is 122 Å². The Bertz CT molecular complexity index is 589. The minimum absolute atomic E-state index is 0.206. The predicted octanol–water partition coefficient (Wildman–Crippen LogP) is 2.14. The third-order valence-electron chi connectivity index (χ3n) is 2.80. The molecule has 0 bridgehead atoms. The third-order valence-corrected chi connectivity index (χ3v) is 3.11. The molecular formula is C14H15ClN4O. The molecule has 0 spiro atoms. The van der Waals surface area contributed by atoms with Crippen molar-refractivity contribution in [2.45, 2.75) is 6.42 Å². The van der Waals surface area contributed by atoms with Crippen LogP contribution in [0.5, 0.6) is 0 Å². The predicted molar refractivity (Wildman–Crippen MR) is 79.1 cm³/mol.